The second kappa shape index (κ2) is 12.7. The first-order chi connectivity index (χ1) is 10.9. The molecule has 6 heteroatoms. The highest BCUT2D eigenvalue weighted by atomic mass is 16.5. The third kappa shape index (κ3) is 9.71. The molecule has 0 spiro atoms. The van der Waals surface area contributed by atoms with Gasteiger partial charge >= 0.3 is 17.9 Å². The van der Waals surface area contributed by atoms with Gasteiger partial charge < -0.3 is 14.6 Å². The van der Waals surface area contributed by atoms with Crippen LogP contribution in [0.5, 0.6) is 0 Å². The zero-order valence-corrected chi connectivity index (χ0v) is 14.1. The lowest BCUT2D eigenvalue weighted by molar-refractivity contribution is -0.152. The Morgan fingerprint density at radius 3 is 1.96 bits per heavy atom. The Kier molecular flexibility index (Phi) is 11.7. The molecule has 6 nitrogen and oxygen atoms in total. The van der Waals surface area contributed by atoms with Crippen LogP contribution in [0.1, 0.15) is 58.8 Å². The number of unbranched alkanes of at least 4 members (excludes halogenated alkanes) is 4. The number of hydrogen-bond donors (Lipinski definition) is 1. The van der Waals surface area contributed by atoms with Crippen LogP contribution >= 0.6 is 0 Å². The topological polar surface area (TPSA) is 89.9 Å². The van der Waals surface area contributed by atoms with Crippen LogP contribution in [0.2, 0.25) is 0 Å². The Bertz CT molecular complexity index is 402. The Labute approximate surface area is 137 Å². The van der Waals surface area contributed by atoms with Crippen LogP contribution in [0.3, 0.4) is 0 Å². The molecule has 0 radical (unpaired) electrons. The predicted molar refractivity (Wildman–Crippen MR) is 85.9 cm³/mol. The molecule has 0 aromatic rings. The SMILES string of the molecule is C=C(C(=O)OCCCCC)C(CC(=O)OCCCCC)C(=O)O. The highest BCUT2D eigenvalue weighted by Gasteiger charge is 2.29. The zero-order chi connectivity index (χ0) is 17.7. The molecule has 0 saturated carbocycles. The monoisotopic (exact) mass is 328 g/mol. The number of hydrogen-bond acceptors (Lipinski definition) is 5. The second-order valence-electron chi connectivity index (χ2n) is 5.39. The van der Waals surface area contributed by atoms with Crippen LogP contribution in [-0.4, -0.2) is 36.2 Å². The van der Waals surface area contributed by atoms with Crippen molar-refractivity contribution in [3.63, 3.8) is 0 Å². The first-order valence-electron chi connectivity index (χ1n) is 8.18. The summed E-state index contributed by atoms with van der Waals surface area (Å²) in [4.78, 5) is 34.7. The molecule has 0 aromatic carbocycles. The fourth-order valence-electron chi connectivity index (χ4n) is 1.88. The molecular formula is C17H28O6. The van der Waals surface area contributed by atoms with Crippen molar-refractivity contribution < 1.29 is 29.0 Å². The third-order valence-corrected chi connectivity index (χ3v) is 3.34. The van der Waals surface area contributed by atoms with Crippen molar-refractivity contribution in [1.82, 2.24) is 0 Å². The number of carbonyl (C=O) groups is 3. The number of carbonyl (C=O) groups excluding carboxylic acids is 2. The average molecular weight is 328 g/mol. The minimum absolute atomic E-state index is 0.222. The van der Waals surface area contributed by atoms with E-state index in [1.54, 1.807) is 0 Å². The molecule has 0 bridgehead atoms. The molecule has 1 N–H and O–H groups in total. The maximum atomic E-state index is 11.8. The van der Waals surface area contributed by atoms with Crippen LogP contribution in [0.15, 0.2) is 12.2 Å². The van der Waals surface area contributed by atoms with Crippen molar-refractivity contribution in [2.75, 3.05) is 13.2 Å². The lowest BCUT2D eigenvalue weighted by Gasteiger charge is -2.14. The molecule has 0 amide bonds. The smallest absolute Gasteiger partial charge is 0.334 e. The zero-order valence-electron chi connectivity index (χ0n) is 14.1. The summed E-state index contributed by atoms with van der Waals surface area (Å²) in [7, 11) is 0. The Hall–Kier alpha value is -1.85. The van der Waals surface area contributed by atoms with Crippen LogP contribution in [0, 0.1) is 5.92 Å². The highest BCUT2D eigenvalue weighted by molar-refractivity contribution is 5.96. The number of ether oxygens (including phenoxy) is 2. The van der Waals surface area contributed by atoms with Gasteiger partial charge in [-0.3, -0.25) is 9.59 Å². The molecule has 0 aromatic heterocycles. The van der Waals surface area contributed by atoms with Gasteiger partial charge in [-0.25, -0.2) is 4.79 Å². The molecule has 1 unspecified atom stereocenters. The van der Waals surface area contributed by atoms with Crippen LogP contribution < -0.4 is 0 Å². The molecule has 0 rings (SSSR count). The molecular weight excluding hydrogens is 300 g/mol. The van der Waals surface area contributed by atoms with Gasteiger partial charge in [-0.1, -0.05) is 46.1 Å². The Morgan fingerprint density at radius 2 is 1.48 bits per heavy atom. The molecule has 0 aliphatic carbocycles. The summed E-state index contributed by atoms with van der Waals surface area (Å²) in [6.45, 7) is 8.00. The van der Waals surface area contributed by atoms with Gasteiger partial charge in [-0.2, -0.15) is 0 Å². The minimum atomic E-state index is -1.31. The molecule has 0 fully saturated rings. The lowest BCUT2D eigenvalue weighted by atomic mass is 9.97. The van der Waals surface area contributed by atoms with E-state index in [2.05, 4.69) is 6.58 Å². The molecule has 23 heavy (non-hydrogen) atoms. The van der Waals surface area contributed by atoms with Crippen LogP contribution in [0.25, 0.3) is 0 Å². The molecule has 0 aliphatic heterocycles. The summed E-state index contributed by atoms with van der Waals surface area (Å²) in [5.74, 6) is -4.01. The largest absolute Gasteiger partial charge is 0.481 e. The highest BCUT2D eigenvalue weighted by Crippen LogP contribution is 2.17. The predicted octanol–water partition coefficient (Wildman–Crippen LogP) is 3.10. The number of rotatable bonds is 13. The Balaban J connectivity index is 4.36. The van der Waals surface area contributed by atoms with E-state index in [9.17, 15) is 19.5 Å². The summed E-state index contributed by atoms with van der Waals surface area (Å²) in [6, 6.07) is 0. The molecule has 0 aliphatic rings. The number of aliphatic carboxylic acids is 1. The molecule has 132 valence electrons. The van der Waals surface area contributed by atoms with Gasteiger partial charge in [-0.05, 0) is 12.8 Å². The summed E-state index contributed by atoms with van der Waals surface area (Å²) < 4.78 is 9.95. The third-order valence-electron chi connectivity index (χ3n) is 3.34. The molecule has 0 heterocycles. The minimum Gasteiger partial charge on any atom is -0.481 e. The maximum Gasteiger partial charge on any atom is 0.334 e. The summed E-state index contributed by atoms with van der Waals surface area (Å²) in [5.41, 5.74) is -0.223. The van der Waals surface area contributed by atoms with Gasteiger partial charge in [0.05, 0.1) is 25.6 Å². The van der Waals surface area contributed by atoms with E-state index in [0.29, 0.717) is 6.42 Å². The quantitative estimate of drug-likeness (QED) is 0.317. The normalized spacial score (nSPS) is 11.6. The lowest BCUT2D eigenvalue weighted by Crippen LogP contribution is -2.26. The van der Waals surface area contributed by atoms with Gasteiger partial charge in [0.15, 0.2) is 0 Å². The summed E-state index contributed by atoms with van der Waals surface area (Å²) in [6.07, 6.45) is 4.88. The summed E-state index contributed by atoms with van der Waals surface area (Å²) in [5, 5.41) is 9.18. The van der Waals surface area contributed by atoms with Crippen molar-refractivity contribution in [3.8, 4) is 0 Å². The van der Waals surface area contributed by atoms with Crippen molar-refractivity contribution >= 4 is 17.9 Å². The molecule has 0 saturated heterocycles. The van der Waals surface area contributed by atoms with Crippen LogP contribution in [0.4, 0.5) is 0 Å². The first kappa shape index (κ1) is 21.1. The number of esters is 2. The van der Waals surface area contributed by atoms with E-state index in [0.717, 1.165) is 32.1 Å². The average Bonchev–Trinajstić information content (AvgIpc) is 2.52. The van der Waals surface area contributed by atoms with Gasteiger partial charge in [-0.15, -0.1) is 0 Å². The van der Waals surface area contributed by atoms with Crippen LogP contribution in [-0.2, 0) is 23.9 Å². The van der Waals surface area contributed by atoms with Gasteiger partial charge in [0, 0.05) is 5.57 Å². The van der Waals surface area contributed by atoms with E-state index < -0.39 is 30.2 Å². The van der Waals surface area contributed by atoms with E-state index in [-0.39, 0.29) is 18.8 Å². The van der Waals surface area contributed by atoms with E-state index >= 15 is 0 Å². The first-order valence-corrected chi connectivity index (χ1v) is 8.18. The van der Waals surface area contributed by atoms with Gasteiger partial charge in [0.1, 0.15) is 0 Å². The van der Waals surface area contributed by atoms with Crippen molar-refractivity contribution in [1.29, 1.82) is 0 Å². The van der Waals surface area contributed by atoms with E-state index in [4.69, 9.17) is 9.47 Å². The second-order valence-corrected chi connectivity index (χ2v) is 5.39. The fourth-order valence-corrected chi connectivity index (χ4v) is 1.88. The Morgan fingerprint density at radius 1 is 0.957 bits per heavy atom. The van der Waals surface area contributed by atoms with Crippen molar-refractivity contribution in [3.05, 3.63) is 12.2 Å². The van der Waals surface area contributed by atoms with E-state index in [1.165, 1.54) is 0 Å². The van der Waals surface area contributed by atoms with Gasteiger partial charge in [0.25, 0.3) is 0 Å². The van der Waals surface area contributed by atoms with E-state index in [1.807, 2.05) is 13.8 Å². The fraction of sp³-hybridized carbons (Fsp3) is 0.706. The van der Waals surface area contributed by atoms with Gasteiger partial charge in [0.2, 0.25) is 0 Å². The molecule has 1 atom stereocenters. The van der Waals surface area contributed by atoms with Crippen molar-refractivity contribution in [2.24, 2.45) is 5.92 Å². The number of carboxylic acids is 1. The standard InChI is InChI=1S/C17H28O6/c1-4-6-8-10-22-15(18)12-14(16(19)20)13(3)17(21)23-11-9-7-5-2/h14H,3-12H2,1-2H3,(H,19,20). The summed E-state index contributed by atoms with van der Waals surface area (Å²) >= 11 is 0. The number of carboxylic acid groups (broad SMARTS) is 1. The van der Waals surface area contributed by atoms with Crippen molar-refractivity contribution in [2.45, 2.75) is 58.8 Å². The maximum absolute atomic E-state index is 11.8.